The number of halogens is 2. The van der Waals surface area contributed by atoms with Crippen molar-refractivity contribution in [2.24, 2.45) is 0 Å². The molecule has 0 spiro atoms. The van der Waals surface area contributed by atoms with Gasteiger partial charge in [0.05, 0.1) is 13.0 Å². The zero-order valence-electron chi connectivity index (χ0n) is 8.09. The smallest absolute Gasteiger partial charge is 0.307 e. The molecule has 0 fully saturated rings. The average Bonchev–Trinajstić information content (AvgIpc) is 2.10. The largest absolute Gasteiger partial charge is 0.481 e. The van der Waals surface area contributed by atoms with Crippen molar-refractivity contribution in [1.29, 1.82) is 0 Å². The highest BCUT2D eigenvalue weighted by Gasteiger charge is 2.10. The molecule has 0 bridgehead atoms. The van der Waals surface area contributed by atoms with Gasteiger partial charge in [-0.1, -0.05) is 15.9 Å². The molecular formula is C10H10BrFO3. The summed E-state index contributed by atoms with van der Waals surface area (Å²) >= 11 is 3.18. The molecule has 0 unspecified atom stereocenters. The average molecular weight is 277 g/mol. The van der Waals surface area contributed by atoms with Crippen molar-refractivity contribution in [1.82, 2.24) is 0 Å². The predicted octanol–water partition coefficient (Wildman–Crippen LogP) is 2.36. The molecule has 0 amide bonds. The van der Waals surface area contributed by atoms with Crippen molar-refractivity contribution in [2.45, 2.75) is 13.0 Å². The SMILES string of the molecule is COCc1c(F)cc(CC(=O)O)cc1Br. The van der Waals surface area contributed by atoms with Crippen LogP contribution in [-0.4, -0.2) is 18.2 Å². The van der Waals surface area contributed by atoms with Crippen molar-refractivity contribution in [3.63, 3.8) is 0 Å². The lowest BCUT2D eigenvalue weighted by atomic mass is 10.1. The molecule has 0 aliphatic heterocycles. The van der Waals surface area contributed by atoms with E-state index in [0.29, 0.717) is 15.6 Å². The summed E-state index contributed by atoms with van der Waals surface area (Å²) in [5.74, 6) is -1.44. The third kappa shape index (κ3) is 3.28. The maximum Gasteiger partial charge on any atom is 0.307 e. The van der Waals surface area contributed by atoms with Crippen LogP contribution in [0.25, 0.3) is 0 Å². The molecule has 1 aromatic carbocycles. The lowest BCUT2D eigenvalue weighted by Gasteiger charge is -2.07. The molecule has 1 rings (SSSR count). The fourth-order valence-corrected chi connectivity index (χ4v) is 1.81. The Labute approximate surface area is 95.0 Å². The fourth-order valence-electron chi connectivity index (χ4n) is 1.21. The Kier molecular flexibility index (Phi) is 4.23. The molecule has 1 N–H and O–H groups in total. The minimum atomic E-state index is -0.985. The first-order valence-corrected chi connectivity index (χ1v) is 5.01. The summed E-state index contributed by atoms with van der Waals surface area (Å²) in [5.41, 5.74) is 0.818. The number of carboxylic acids is 1. The topological polar surface area (TPSA) is 46.5 Å². The minimum Gasteiger partial charge on any atom is -0.481 e. The normalized spacial score (nSPS) is 10.3. The third-order valence-electron chi connectivity index (χ3n) is 1.84. The molecule has 1 aromatic rings. The van der Waals surface area contributed by atoms with Crippen molar-refractivity contribution in [3.8, 4) is 0 Å². The highest BCUT2D eigenvalue weighted by molar-refractivity contribution is 9.10. The summed E-state index contributed by atoms with van der Waals surface area (Å²) in [6.45, 7) is 0.153. The van der Waals surface area contributed by atoms with E-state index in [-0.39, 0.29) is 13.0 Å². The Hall–Kier alpha value is -0.940. The lowest BCUT2D eigenvalue weighted by molar-refractivity contribution is -0.136. The van der Waals surface area contributed by atoms with Gasteiger partial charge in [-0.25, -0.2) is 4.39 Å². The first-order chi connectivity index (χ1) is 7.04. The van der Waals surface area contributed by atoms with Crippen LogP contribution in [0.1, 0.15) is 11.1 Å². The molecule has 3 nitrogen and oxygen atoms in total. The van der Waals surface area contributed by atoms with Gasteiger partial charge in [-0.3, -0.25) is 4.79 Å². The standard InChI is InChI=1S/C10H10BrFO3/c1-15-5-7-8(11)2-6(3-9(7)12)4-10(13)14/h2-3H,4-5H2,1H3,(H,13,14). The number of carboxylic acid groups (broad SMARTS) is 1. The Morgan fingerprint density at radius 3 is 2.73 bits per heavy atom. The third-order valence-corrected chi connectivity index (χ3v) is 2.55. The molecule has 0 saturated heterocycles. The van der Waals surface area contributed by atoms with Gasteiger partial charge in [-0.15, -0.1) is 0 Å². The summed E-state index contributed by atoms with van der Waals surface area (Å²) < 4.78 is 18.8. The number of benzene rings is 1. The van der Waals surface area contributed by atoms with Gasteiger partial charge in [-0.2, -0.15) is 0 Å². The van der Waals surface area contributed by atoms with Crippen molar-refractivity contribution in [3.05, 3.63) is 33.5 Å². The highest BCUT2D eigenvalue weighted by atomic mass is 79.9. The highest BCUT2D eigenvalue weighted by Crippen LogP contribution is 2.23. The van der Waals surface area contributed by atoms with E-state index in [0.717, 1.165) is 0 Å². The first kappa shape index (κ1) is 12.1. The van der Waals surface area contributed by atoms with Crippen LogP contribution in [0.3, 0.4) is 0 Å². The molecule has 0 aliphatic rings. The summed E-state index contributed by atoms with van der Waals surface area (Å²) in [5, 5.41) is 8.56. The van der Waals surface area contributed by atoms with Gasteiger partial charge in [0.15, 0.2) is 0 Å². The Bertz CT molecular complexity index is 356. The maximum absolute atomic E-state index is 13.4. The van der Waals surface area contributed by atoms with Gasteiger partial charge >= 0.3 is 5.97 Å². The predicted molar refractivity (Wildman–Crippen MR) is 56.2 cm³/mol. The minimum absolute atomic E-state index is 0.153. The zero-order chi connectivity index (χ0) is 11.4. The van der Waals surface area contributed by atoms with Crippen molar-refractivity contribution in [2.75, 3.05) is 7.11 Å². The number of rotatable bonds is 4. The number of methoxy groups -OCH3 is 1. The lowest BCUT2D eigenvalue weighted by Crippen LogP contribution is -2.03. The number of carbonyl (C=O) groups is 1. The van der Waals surface area contributed by atoms with Crippen LogP contribution in [-0.2, 0) is 22.6 Å². The van der Waals surface area contributed by atoms with Crippen LogP contribution in [0.4, 0.5) is 4.39 Å². The van der Waals surface area contributed by atoms with E-state index in [2.05, 4.69) is 15.9 Å². The van der Waals surface area contributed by atoms with Gasteiger partial charge in [0.1, 0.15) is 5.82 Å². The first-order valence-electron chi connectivity index (χ1n) is 4.22. The van der Waals surface area contributed by atoms with E-state index >= 15 is 0 Å². The second kappa shape index (κ2) is 5.23. The molecule has 0 heterocycles. The summed E-state index contributed by atoms with van der Waals surface area (Å²) in [6, 6.07) is 2.80. The quantitative estimate of drug-likeness (QED) is 0.919. The summed E-state index contributed by atoms with van der Waals surface area (Å²) in [6.07, 6.45) is -0.192. The van der Waals surface area contributed by atoms with Crippen LogP contribution in [0.5, 0.6) is 0 Å². The summed E-state index contributed by atoms with van der Waals surface area (Å²) in [4.78, 5) is 10.4. The van der Waals surface area contributed by atoms with Crippen LogP contribution in [0.2, 0.25) is 0 Å². The number of aliphatic carboxylic acids is 1. The van der Waals surface area contributed by atoms with E-state index in [1.165, 1.54) is 13.2 Å². The maximum atomic E-state index is 13.4. The van der Waals surface area contributed by atoms with Crippen molar-refractivity contribution >= 4 is 21.9 Å². The monoisotopic (exact) mass is 276 g/mol. The van der Waals surface area contributed by atoms with E-state index in [1.807, 2.05) is 0 Å². The van der Waals surface area contributed by atoms with E-state index in [1.54, 1.807) is 6.07 Å². The van der Waals surface area contributed by atoms with Crippen molar-refractivity contribution < 1.29 is 19.0 Å². The van der Waals surface area contributed by atoms with E-state index in [4.69, 9.17) is 9.84 Å². The molecule has 0 saturated carbocycles. The molecule has 15 heavy (non-hydrogen) atoms. The Morgan fingerprint density at radius 2 is 2.27 bits per heavy atom. The molecular weight excluding hydrogens is 267 g/mol. The second-order valence-corrected chi connectivity index (χ2v) is 3.90. The summed E-state index contributed by atoms with van der Waals surface area (Å²) in [7, 11) is 1.47. The Morgan fingerprint density at radius 1 is 1.60 bits per heavy atom. The second-order valence-electron chi connectivity index (χ2n) is 3.04. The van der Waals surface area contributed by atoms with E-state index < -0.39 is 11.8 Å². The number of hydrogen-bond acceptors (Lipinski definition) is 2. The molecule has 0 aliphatic carbocycles. The van der Waals surface area contributed by atoms with Crippen LogP contribution >= 0.6 is 15.9 Å². The number of ether oxygens (including phenoxy) is 1. The van der Waals surface area contributed by atoms with Crippen LogP contribution < -0.4 is 0 Å². The van der Waals surface area contributed by atoms with Gasteiger partial charge in [0, 0.05) is 17.1 Å². The fraction of sp³-hybridized carbons (Fsp3) is 0.300. The van der Waals surface area contributed by atoms with Crippen LogP contribution in [0, 0.1) is 5.82 Å². The number of hydrogen-bond donors (Lipinski definition) is 1. The van der Waals surface area contributed by atoms with Gasteiger partial charge in [-0.05, 0) is 17.7 Å². The molecule has 0 aromatic heterocycles. The molecule has 82 valence electrons. The van der Waals surface area contributed by atoms with Gasteiger partial charge in [0.25, 0.3) is 0 Å². The molecule has 0 atom stereocenters. The zero-order valence-corrected chi connectivity index (χ0v) is 9.67. The van der Waals surface area contributed by atoms with E-state index in [9.17, 15) is 9.18 Å². The Balaban J connectivity index is 3.02. The van der Waals surface area contributed by atoms with Gasteiger partial charge < -0.3 is 9.84 Å². The van der Waals surface area contributed by atoms with Gasteiger partial charge in [0.2, 0.25) is 0 Å². The molecule has 5 heteroatoms. The molecule has 0 radical (unpaired) electrons. The van der Waals surface area contributed by atoms with Crippen LogP contribution in [0.15, 0.2) is 16.6 Å².